The molecule has 1 heterocycles. The number of ketones is 1. The smallest absolute Gasteiger partial charge is 0.169 e. The van der Waals surface area contributed by atoms with Gasteiger partial charge in [-0.1, -0.05) is 19.1 Å². The number of anilines is 1. The molecule has 0 aliphatic carbocycles. The number of nitrogens with one attached hydrogen (secondary N) is 1. The van der Waals surface area contributed by atoms with Gasteiger partial charge in [0, 0.05) is 29.8 Å². The minimum Gasteiger partial charge on any atom is -0.494 e. The second-order valence-electron chi connectivity index (χ2n) is 7.13. The van der Waals surface area contributed by atoms with Gasteiger partial charge in [-0.3, -0.25) is 4.79 Å². The molecule has 0 radical (unpaired) electrons. The largest absolute Gasteiger partial charge is 0.494 e. The minimum absolute atomic E-state index is 0.0985. The summed E-state index contributed by atoms with van der Waals surface area (Å²) in [5, 5.41) is 3.32. The lowest BCUT2D eigenvalue weighted by Crippen LogP contribution is -2.09. The van der Waals surface area contributed by atoms with Gasteiger partial charge in [-0.05, 0) is 61.0 Å². The molecule has 5 heteroatoms. The van der Waals surface area contributed by atoms with Crippen LogP contribution >= 0.6 is 0 Å². The average Bonchev–Trinajstić information content (AvgIpc) is 2.97. The standard InChI is InChI=1S/C25H25NO4/c1-2-15-28-21-10-7-18(8-11-21)22(27)13-14-26-20-9-12-23-19(16-20)17-29-24-5-3-4-6-25(24)30-23/h3-12,16,26H,2,13-15,17H2,1H3. The number of Topliss-reactive ketones (excluding diaryl/α,β-unsaturated/α-hetero) is 1. The van der Waals surface area contributed by atoms with Crippen LogP contribution in [0.2, 0.25) is 0 Å². The number of hydrogen-bond acceptors (Lipinski definition) is 5. The van der Waals surface area contributed by atoms with E-state index in [1.165, 1.54) is 0 Å². The Labute approximate surface area is 176 Å². The Morgan fingerprint density at radius 3 is 2.60 bits per heavy atom. The second kappa shape index (κ2) is 9.35. The van der Waals surface area contributed by atoms with Crippen LogP contribution in [0.4, 0.5) is 5.69 Å². The average molecular weight is 403 g/mol. The van der Waals surface area contributed by atoms with Gasteiger partial charge in [0.05, 0.1) is 6.61 Å². The Morgan fingerprint density at radius 1 is 1.00 bits per heavy atom. The van der Waals surface area contributed by atoms with E-state index in [2.05, 4.69) is 12.2 Å². The van der Waals surface area contributed by atoms with Crippen LogP contribution in [0.1, 0.15) is 35.7 Å². The third kappa shape index (κ3) is 4.74. The van der Waals surface area contributed by atoms with Gasteiger partial charge in [-0.25, -0.2) is 0 Å². The van der Waals surface area contributed by atoms with E-state index in [0.29, 0.717) is 37.5 Å². The molecule has 4 rings (SSSR count). The van der Waals surface area contributed by atoms with Gasteiger partial charge in [-0.2, -0.15) is 0 Å². The Balaban J connectivity index is 1.32. The lowest BCUT2D eigenvalue weighted by molar-refractivity contribution is 0.0986. The fourth-order valence-electron chi connectivity index (χ4n) is 3.25. The van der Waals surface area contributed by atoms with Crippen LogP contribution in [-0.4, -0.2) is 18.9 Å². The maximum Gasteiger partial charge on any atom is 0.169 e. The van der Waals surface area contributed by atoms with E-state index in [9.17, 15) is 4.79 Å². The molecule has 30 heavy (non-hydrogen) atoms. The molecule has 0 unspecified atom stereocenters. The highest BCUT2D eigenvalue weighted by atomic mass is 16.5. The first-order valence-corrected chi connectivity index (χ1v) is 10.3. The summed E-state index contributed by atoms with van der Waals surface area (Å²) in [6.45, 7) is 3.73. The third-order valence-electron chi connectivity index (χ3n) is 4.84. The highest BCUT2D eigenvalue weighted by molar-refractivity contribution is 5.96. The molecular formula is C25H25NO4. The molecule has 1 aliphatic rings. The van der Waals surface area contributed by atoms with Crippen molar-refractivity contribution < 1.29 is 19.0 Å². The molecule has 0 saturated heterocycles. The summed E-state index contributed by atoms with van der Waals surface area (Å²) in [7, 11) is 0. The molecule has 3 aromatic rings. The van der Waals surface area contributed by atoms with Gasteiger partial charge >= 0.3 is 0 Å². The van der Waals surface area contributed by atoms with Crippen molar-refractivity contribution in [3.63, 3.8) is 0 Å². The first kappa shape index (κ1) is 19.8. The van der Waals surface area contributed by atoms with Crippen molar-refractivity contribution in [3.05, 3.63) is 77.9 Å². The van der Waals surface area contributed by atoms with Crippen molar-refractivity contribution in [2.24, 2.45) is 0 Å². The normalized spacial score (nSPS) is 11.9. The molecule has 0 amide bonds. The summed E-state index contributed by atoms with van der Waals surface area (Å²) in [6, 6.07) is 20.9. The van der Waals surface area contributed by atoms with Crippen LogP contribution in [0.3, 0.4) is 0 Å². The van der Waals surface area contributed by atoms with E-state index in [0.717, 1.165) is 34.9 Å². The zero-order chi connectivity index (χ0) is 20.8. The van der Waals surface area contributed by atoms with Crippen LogP contribution in [-0.2, 0) is 6.61 Å². The van der Waals surface area contributed by atoms with Crippen molar-refractivity contribution in [2.45, 2.75) is 26.4 Å². The van der Waals surface area contributed by atoms with Crippen LogP contribution < -0.4 is 19.5 Å². The fourth-order valence-corrected chi connectivity index (χ4v) is 3.25. The lowest BCUT2D eigenvalue weighted by Gasteiger charge is -2.11. The van der Waals surface area contributed by atoms with E-state index in [4.69, 9.17) is 14.2 Å². The Hall–Kier alpha value is -3.47. The zero-order valence-electron chi connectivity index (χ0n) is 17.0. The molecule has 1 N–H and O–H groups in total. The Kier molecular flexibility index (Phi) is 6.18. The summed E-state index contributed by atoms with van der Waals surface area (Å²) < 4.78 is 17.4. The second-order valence-corrected chi connectivity index (χ2v) is 7.13. The minimum atomic E-state index is 0.0985. The van der Waals surface area contributed by atoms with Gasteiger partial charge < -0.3 is 19.5 Å². The van der Waals surface area contributed by atoms with Crippen LogP contribution in [0.25, 0.3) is 0 Å². The first-order valence-electron chi connectivity index (χ1n) is 10.3. The predicted octanol–water partition coefficient (Wildman–Crippen LogP) is 5.85. The topological polar surface area (TPSA) is 56.8 Å². The molecular weight excluding hydrogens is 378 g/mol. The van der Waals surface area contributed by atoms with Crippen LogP contribution in [0, 0.1) is 0 Å². The number of ether oxygens (including phenoxy) is 3. The summed E-state index contributed by atoms with van der Waals surface area (Å²) in [5.74, 6) is 3.13. The van der Waals surface area contributed by atoms with Gasteiger partial charge in [-0.15, -0.1) is 0 Å². The number of rotatable bonds is 8. The third-order valence-corrected chi connectivity index (χ3v) is 4.84. The molecule has 0 saturated carbocycles. The molecule has 5 nitrogen and oxygen atoms in total. The molecule has 0 aromatic heterocycles. The van der Waals surface area contributed by atoms with E-state index in [-0.39, 0.29) is 5.78 Å². The lowest BCUT2D eigenvalue weighted by atomic mass is 10.1. The van der Waals surface area contributed by atoms with E-state index >= 15 is 0 Å². The number of hydrogen-bond donors (Lipinski definition) is 1. The first-order chi connectivity index (χ1) is 14.7. The predicted molar refractivity (Wildman–Crippen MR) is 117 cm³/mol. The van der Waals surface area contributed by atoms with Crippen molar-refractivity contribution in [1.29, 1.82) is 0 Å². The fraction of sp³-hybridized carbons (Fsp3) is 0.240. The molecule has 0 atom stereocenters. The monoisotopic (exact) mass is 403 g/mol. The summed E-state index contributed by atoms with van der Waals surface area (Å²) in [4.78, 5) is 12.4. The Bertz CT molecular complexity index is 1010. The molecule has 1 aliphatic heterocycles. The maximum atomic E-state index is 12.4. The number of benzene rings is 3. The molecule has 154 valence electrons. The molecule has 0 spiro atoms. The van der Waals surface area contributed by atoms with E-state index < -0.39 is 0 Å². The van der Waals surface area contributed by atoms with Crippen molar-refractivity contribution in [3.8, 4) is 23.0 Å². The van der Waals surface area contributed by atoms with Gasteiger partial charge in [0.15, 0.2) is 17.3 Å². The van der Waals surface area contributed by atoms with Crippen LogP contribution in [0.15, 0.2) is 66.7 Å². The molecule has 0 bridgehead atoms. The van der Waals surface area contributed by atoms with Gasteiger partial charge in [0.25, 0.3) is 0 Å². The summed E-state index contributed by atoms with van der Waals surface area (Å²) in [5.41, 5.74) is 2.59. The van der Waals surface area contributed by atoms with Crippen molar-refractivity contribution in [2.75, 3.05) is 18.5 Å². The van der Waals surface area contributed by atoms with E-state index in [1.54, 1.807) is 0 Å². The summed E-state index contributed by atoms with van der Waals surface area (Å²) in [6.07, 6.45) is 1.37. The van der Waals surface area contributed by atoms with Gasteiger partial charge in [0.1, 0.15) is 18.1 Å². The van der Waals surface area contributed by atoms with E-state index in [1.807, 2.05) is 66.7 Å². The number of para-hydroxylation sites is 2. The number of carbonyl (C=O) groups is 1. The van der Waals surface area contributed by atoms with Crippen LogP contribution in [0.5, 0.6) is 23.0 Å². The summed E-state index contributed by atoms with van der Waals surface area (Å²) >= 11 is 0. The zero-order valence-corrected chi connectivity index (χ0v) is 17.0. The highest BCUT2D eigenvalue weighted by Gasteiger charge is 2.15. The van der Waals surface area contributed by atoms with Crippen molar-refractivity contribution >= 4 is 11.5 Å². The number of carbonyl (C=O) groups excluding carboxylic acids is 1. The van der Waals surface area contributed by atoms with Crippen molar-refractivity contribution in [1.82, 2.24) is 0 Å². The maximum absolute atomic E-state index is 12.4. The number of fused-ring (bicyclic) bond motifs is 2. The SMILES string of the molecule is CCCOc1ccc(C(=O)CCNc2ccc3c(c2)COc2ccccc2O3)cc1. The molecule has 3 aromatic carbocycles. The highest BCUT2D eigenvalue weighted by Crippen LogP contribution is 2.37. The van der Waals surface area contributed by atoms with Gasteiger partial charge in [0.2, 0.25) is 0 Å². The molecule has 0 fully saturated rings. The quantitative estimate of drug-likeness (QED) is 0.479. The Morgan fingerprint density at radius 2 is 1.80 bits per heavy atom.